The van der Waals surface area contributed by atoms with Gasteiger partial charge in [-0.15, -0.1) is 11.3 Å². The Morgan fingerprint density at radius 1 is 1.09 bits per heavy atom. The van der Waals surface area contributed by atoms with Gasteiger partial charge in [-0.05, 0) is 56.8 Å². The number of thiophene rings is 1. The summed E-state index contributed by atoms with van der Waals surface area (Å²) in [4.78, 5) is 32.9. The van der Waals surface area contributed by atoms with Crippen LogP contribution in [0.2, 0.25) is 0 Å². The zero-order valence-electron chi connectivity index (χ0n) is 19.5. The van der Waals surface area contributed by atoms with Crippen molar-refractivity contribution in [1.82, 2.24) is 24.6 Å². The first-order valence-corrected chi connectivity index (χ1v) is 13.1. The monoisotopic (exact) mass is 459 g/mol. The minimum absolute atomic E-state index is 0.0546. The lowest BCUT2D eigenvalue weighted by atomic mass is 9.97. The largest absolute Gasteiger partial charge is 0.356 e. The van der Waals surface area contributed by atoms with Crippen LogP contribution in [0.1, 0.15) is 43.6 Å². The Labute approximate surface area is 195 Å². The minimum Gasteiger partial charge on any atom is -0.356 e. The van der Waals surface area contributed by atoms with Crippen molar-refractivity contribution < 1.29 is 9.59 Å². The number of carbonyl (C=O) groups excluding carboxylic acids is 2. The van der Waals surface area contributed by atoms with Gasteiger partial charge in [0.2, 0.25) is 5.91 Å². The predicted octanol–water partition coefficient (Wildman–Crippen LogP) is 2.72. The quantitative estimate of drug-likeness (QED) is 0.617. The maximum atomic E-state index is 13.3. The number of piperazine rings is 1. The molecule has 4 heterocycles. The lowest BCUT2D eigenvalue weighted by Gasteiger charge is -2.34. The van der Waals surface area contributed by atoms with Crippen molar-refractivity contribution >= 4 is 33.4 Å². The fraction of sp³-hybridized carbons (Fsp3) is 0.667. The van der Waals surface area contributed by atoms with E-state index in [0.29, 0.717) is 13.1 Å². The number of aryl methyl sites for hydroxylation is 1. The summed E-state index contributed by atoms with van der Waals surface area (Å²) < 4.78 is 3.25. The number of carbonyl (C=O) groups is 2. The van der Waals surface area contributed by atoms with Crippen LogP contribution in [-0.2, 0) is 11.3 Å². The highest BCUT2D eigenvalue weighted by atomic mass is 32.1. The third kappa shape index (κ3) is 5.18. The molecule has 32 heavy (non-hydrogen) atoms. The molecule has 2 aliphatic rings. The Hall–Kier alpha value is -1.90. The number of piperidine rings is 1. The number of likely N-dealkylation sites (tertiary alicyclic amines) is 1. The molecule has 2 aliphatic heterocycles. The Bertz CT molecular complexity index is 915. The molecule has 0 aliphatic carbocycles. The molecule has 7 nitrogen and oxygen atoms in total. The van der Waals surface area contributed by atoms with E-state index in [1.165, 1.54) is 0 Å². The molecule has 1 atom stereocenters. The van der Waals surface area contributed by atoms with Gasteiger partial charge in [0.25, 0.3) is 5.91 Å². The van der Waals surface area contributed by atoms with E-state index in [2.05, 4.69) is 45.0 Å². The van der Waals surface area contributed by atoms with Crippen LogP contribution in [0.25, 0.3) is 10.2 Å². The number of likely N-dealkylation sites (N-methyl/N-ethyl adjacent to an activating group) is 1. The van der Waals surface area contributed by atoms with Gasteiger partial charge < -0.3 is 24.6 Å². The van der Waals surface area contributed by atoms with Gasteiger partial charge in [-0.25, -0.2) is 0 Å². The molecule has 0 aromatic carbocycles. The first-order valence-electron chi connectivity index (χ1n) is 12.2. The van der Waals surface area contributed by atoms with E-state index < -0.39 is 0 Å². The number of hydrogen-bond acceptors (Lipinski definition) is 5. The van der Waals surface area contributed by atoms with Crippen LogP contribution in [0.15, 0.2) is 17.5 Å². The summed E-state index contributed by atoms with van der Waals surface area (Å²) in [5.41, 5.74) is 1.88. The molecule has 0 radical (unpaired) electrons. The third-order valence-electron chi connectivity index (χ3n) is 7.00. The molecule has 2 saturated heterocycles. The Morgan fingerprint density at radius 2 is 1.88 bits per heavy atom. The molecule has 0 spiro atoms. The molecular weight excluding hydrogens is 422 g/mol. The highest BCUT2D eigenvalue weighted by Gasteiger charge is 2.30. The lowest BCUT2D eigenvalue weighted by molar-refractivity contribution is -0.126. The number of rotatable bonds is 8. The van der Waals surface area contributed by atoms with Crippen molar-refractivity contribution in [3.8, 4) is 0 Å². The van der Waals surface area contributed by atoms with Gasteiger partial charge in [0.1, 0.15) is 5.69 Å². The predicted molar refractivity (Wildman–Crippen MR) is 130 cm³/mol. The van der Waals surface area contributed by atoms with Gasteiger partial charge in [0.05, 0.1) is 16.1 Å². The summed E-state index contributed by atoms with van der Waals surface area (Å²) >= 11 is 1.67. The van der Waals surface area contributed by atoms with E-state index in [-0.39, 0.29) is 17.7 Å². The summed E-state index contributed by atoms with van der Waals surface area (Å²) in [7, 11) is 0. The number of aromatic nitrogens is 1. The summed E-state index contributed by atoms with van der Waals surface area (Å²) in [5, 5.41) is 5.20. The van der Waals surface area contributed by atoms with Crippen LogP contribution in [0.5, 0.6) is 0 Å². The van der Waals surface area contributed by atoms with E-state index >= 15 is 0 Å². The molecule has 0 bridgehead atoms. The molecule has 1 unspecified atom stereocenters. The highest BCUT2D eigenvalue weighted by molar-refractivity contribution is 7.17. The van der Waals surface area contributed by atoms with Crippen LogP contribution < -0.4 is 5.32 Å². The SMILES string of the molecule is CCN1CCN(CCCNC(=O)C2CCCN(C(=O)c3cc4sccc4n3CC)C2)CC1. The molecule has 2 aromatic heterocycles. The number of nitrogens with zero attached hydrogens (tertiary/aromatic N) is 4. The van der Waals surface area contributed by atoms with Crippen molar-refractivity contribution in [2.45, 2.75) is 39.7 Å². The zero-order valence-corrected chi connectivity index (χ0v) is 20.3. The second kappa shape index (κ2) is 10.8. The van der Waals surface area contributed by atoms with Gasteiger partial charge in [-0.1, -0.05) is 6.92 Å². The minimum atomic E-state index is -0.105. The lowest BCUT2D eigenvalue weighted by Crippen LogP contribution is -2.47. The van der Waals surface area contributed by atoms with Crippen LogP contribution >= 0.6 is 11.3 Å². The Kier molecular flexibility index (Phi) is 7.86. The molecule has 176 valence electrons. The molecule has 2 aromatic rings. The zero-order chi connectivity index (χ0) is 22.5. The van der Waals surface area contributed by atoms with Gasteiger partial charge in [-0.2, -0.15) is 0 Å². The second-order valence-corrected chi connectivity index (χ2v) is 9.90. The number of amides is 2. The van der Waals surface area contributed by atoms with E-state index in [4.69, 9.17) is 0 Å². The smallest absolute Gasteiger partial charge is 0.270 e. The van der Waals surface area contributed by atoms with E-state index in [1.807, 2.05) is 11.0 Å². The van der Waals surface area contributed by atoms with Crippen molar-refractivity contribution in [3.63, 3.8) is 0 Å². The first kappa shape index (κ1) is 23.3. The molecule has 2 amide bonds. The maximum Gasteiger partial charge on any atom is 0.270 e. The number of hydrogen-bond donors (Lipinski definition) is 1. The number of nitrogens with one attached hydrogen (secondary N) is 1. The van der Waals surface area contributed by atoms with Crippen LogP contribution in [0.4, 0.5) is 0 Å². The molecule has 8 heteroatoms. The standard InChI is InChI=1S/C24H37N5O2S/c1-3-26-12-14-27(15-13-26)10-6-9-25-23(30)19-7-5-11-28(18-19)24(31)21-17-22-20(8-16-32-22)29(21)4-2/h8,16-17,19H,3-7,9-15,18H2,1-2H3,(H,25,30). The highest BCUT2D eigenvalue weighted by Crippen LogP contribution is 2.27. The topological polar surface area (TPSA) is 60.8 Å². The fourth-order valence-electron chi connectivity index (χ4n) is 5.02. The summed E-state index contributed by atoms with van der Waals surface area (Å²) in [5.74, 6) is 0.0519. The Balaban J connectivity index is 1.24. The van der Waals surface area contributed by atoms with Crippen molar-refractivity contribution in [2.24, 2.45) is 5.92 Å². The van der Waals surface area contributed by atoms with Crippen molar-refractivity contribution in [2.75, 3.05) is 58.9 Å². The average molecular weight is 460 g/mol. The second-order valence-electron chi connectivity index (χ2n) is 8.95. The van der Waals surface area contributed by atoms with Gasteiger partial charge >= 0.3 is 0 Å². The molecule has 4 rings (SSSR count). The van der Waals surface area contributed by atoms with Crippen LogP contribution in [0, 0.1) is 5.92 Å². The normalized spacial score (nSPS) is 20.7. The van der Waals surface area contributed by atoms with Crippen LogP contribution in [0.3, 0.4) is 0 Å². The fourth-order valence-corrected chi connectivity index (χ4v) is 5.84. The van der Waals surface area contributed by atoms with Crippen molar-refractivity contribution in [1.29, 1.82) is 0 Å². The maximum absolute atomic E-state index is 13.3. The molecule has 2 fully saturated rings. The van der Waals surface area contributed by atoms with Gasteiger partial charge in [0, 0.05) is 52.4 Å². The summed E-state index contributed by atoms with van der Waals surface area (Å²) in [6.07, 6.45) is 2.72. The van der Waals surface area contributed by atoms with Crippen molar-refractivity contribution in [3.05, 3.63) is 23.2 Å². The van der Waals surface area contributed by atoms with E-state index in [9.17, 15) is 9.59 Å². The summed E-state index contributed by atoms with van der Waals surface area (Å²) in [6, 6.07) is 4.09. The summed E-state index contributed by atoms with van der Waals surface area (Å²) in [6.45, 7) is 13.7. The average Bonchev–Trinajstić information content (AvgIpc) is 3.43. The molecule has 0 saturated carbocycles. The van der Waals surface area contributed by atoms with E-state index in [0.717, 1.165) is 87.5 Å². The first-order chi connectivity index (χ1) is 15.6. The number of fused-ring (bicyclic) bond motifs is 1. The molecular formula is C24H37N5O2S. The van der Waals surface area contributed by atoms with E-state index in [1.54, 1.807) is 11.3 Å². The van der Waals surface area contributed by atoms with Crippen LogP contribution in [-0.4, -0.2) is 90.0 Å². The van der Waals surface area contributed by atoms with Gasteiger partial charge in [0.15, 0.2) is 0 Å². The Morgan fingerprint density at radius 3 is 2.62 bits per heavy atom. The molecule has 1 N–H and O–H groups in total. The van der Waals surface area contributed by atoms with Gasteiger partial charge in [-0.3, -0.25) is 9.59 Å². The third-order valence-corrected chi connectivity index (χ3v) is 7.85.